The Morgan fingerprint density at radius 2 is 2.00 bits per heavy atom. The number of urea groups is 1. The zero-order chi connectivity index (χ0) is 18.4. The lowest BCUT2D eigenvalue weighted by Crippen LogP contribution is -2.32. The monoisotopic (exact) mass is 346 g/mol. The molecule has 134 valence electrons. The molecule has 0 saturated heterocycles. The van der Waals surface area contributed by atoms with Crippen LogP contribution in [-0.4, -0.2) is 23.8 Å². The second-order valence-electron chi connectivity index (χ2n) is 6.07. The van der Waals surface area contributed by atoms with Gasteiger partial charge in [0, 0.05) is 6.54 Å². The van der Waals surface area contributed by atoms with Gasteiger partial charge in [0.05, 0.1) is 17.9 Å². The summed E-state index contributed by atoms with van der Waals surface area (Å²) in [5.41, 5.74) is 1.55. The fraction of sp³-hybridized carbons (Fsp3) is 0.316. The molecule has 0 heterocycles. The average molecular weight is 346 g/mol. The number of carbonyl (C=O) groups is 1. The molecule has 0 aliphatic heterocycles. The number of halogens is 1. The molecule has 0 saturated carbocycles. The van der Waals surface area contributed by atoms with Crippen molar-refractivity contribution in [1.82, 2.24) is 5.32 Å². The highest BCUT2D eigenvalue weighted by molar-refractivity contribution is 5.89. The van der Waals surface area contributed by atoms with Crippen LogP contribution >= 0.6 is 0 Å². The van der Waals surface area contributed by atoms with Crippen molar-refractivity contribution in [2.24, 2.45) is 0 Å². The van der Waals surface area contributed by atoms with Crippen LogP contribution in [0.4, 0.5) is 14.9 Å². The minimum Gasteiger partial charge on any atom is -0.491 e. The van der Waals surface area contributed by atoms with E-state index in [0.29, 0.717) is 11.3 Å². The number of aliphatic hydroxyl groups is 1. The highest BCUT2D eigenvalue weighted by Crippen LogP contribution is 2.20. The van der Waals surface area contributed by atoms with Crippen LogP contribution in [0.2, 0.25) is 0 Å². The van der Waals surface area contributed by atoms with E-state index in [1.54, 1.807) is 37.3 Å². The first-order valence-corrected chi connectivity index (χ1v) is 8.11. The van der Waals surface area contributed by atoms with Gasteiger partial charge in [0.25, 0.3) is 0 Å². The Hall–Kier alpha value is -2.60. The number of rotatable bonds is 6. The number of anilines is 1. The predicted molar refractivity (Wildman–Crippen MR) is 95.3 cm³/mol. The van der Waals surface area contributed by atoms with Crippen molar-refractivity contribution < 1.29 is 19.0 Å². The fourth-order valence-corrected chi connectivity index (χ4v) is 2.28. The minimum atomic E-state index is -0.899. The standard InChI is InChI=1S/C19H23FN2O3/c1-12(2)25-15-6-4-5-14(10-15)18(23)11-21-19(24)22-17-9-13(3)7-8-16(17)20/h4-10,12,18,23H,11H2,1-3H3,(H2,21,22,24). The van der Waals surface area contributed by atoms with Gasteiger partial charge in [-0.25, -0.2) is 9.18 Å². The molecule has 2 aromatic carbocycles. The molecule has 3 N–H and O–H groups in total. The average Bonchev–Trinajstić information content (AvgIpc) is 2.55. The molecule has 25 heavy (non-hydrogen) atoms. The van der Waals surface area contributed by atoms with E-state index in [1.165, 1.54) is 12.1 Å². The van der Waals surface area contributed by atoms with Gasteiger partial charge in [-0.2, -0.15) is 0 Å². The maximum Gasteiger partial charge on any atom is 0.319 e. The van der Waals surface area contributed by atoms with E-state index in [0.717, 1.165) is 5.56 Å². The molecular formula is C19H23FN2O3. The molecule has 2 aromatic rings. The lowest BCUT2D eigenvalue weighted by atomic mass is 10.1. The maximum absolute atomic E-state index is 13.6. The first-order valence-electron chi connectivity index (χ1n) is 8.11. The molecule has 0 radical (unpaired) electrons. The number of nitrogens with one attached hydrogen (secondary N) is 2. The second-order valence-corrected chi connectivity index (χ2v) is 6.07. The van der Waals surface area contributed by atoms with Crippen LogP contribution in [0.5, 0.6) is 5.75 Å². The number of hydrogen-bond acceptors (Lipinski definition) is 3. The highest BCUT2D eigenvalue weighted by atomic mass is 19.1. The fourth-order valence-electron chi connectivity index (χ4n) is 2.28. The molecule has 5 nitrogen and oxygen atoms in total. The van der Waals surface area contributed by atoms with Gasteiger partial charge in [-0.05, 0) is 56.2 Å². The van der Waals surface area contributed by atoms with E-state index in [9.17, 15) is 14.3 Å². The first kappa shape index (κ1) is 18.7. The van der Waals surface area contributed by atoms with E-state index in [-0.39, 0.29) is 18.3 Å². The van der Waals surface area contributed by atoms with Gasteiger partial charge in [-0.3, -0.25) is 0 Å². The van der Waals surface area contributed by atoms with Gasteiger partial charge < -0.3 is 20.5 Å². The van der Waals surface area contributed by atoms with Gasteiger partial charge in [0.15, 0.2) is 0 Å². The Balaban J connectivity index is 1.92. The third-order valence-corrected chi connectivity index (χ3v) is 3.44. The summed E-state index contributed by atoms with van der Waals surface area (Å²) in [5.74, 6) is 0.137. The van der Waals surface area contributed by atoms with E-state index >= 15 is 0 Å². The Kier molecular flexibility index (Phi) is 6.36. The van der Waals surface area contributed by atoms with Crippen LogP contribution in [0.25, 0.3) is 0 Å². The summed E-state index contributed by atoms with van der Waals surface area (Å²) in [5, 5.41) is 15.2. The van der Waals surface area contributed by atoms with Crippen molar-refractivity contribution in [3.05, 3.63) is 59.4 Å². The van der Waals surface area contributed by atoms with Gasteiger partial charge in [0.1, 0.15) is 11.6 Å². The summed E-state index contributed by atoms with van der Waals surface area (Å²) >= 11 is 0. The maximum atomic E-state index is 13.6. The van der Waals surface area contributed by atoms with Gasteiger partial charge >= 0.3 is 6.03 Å². The third-order valence-electron chi connectivity index (χ3n) is 3.44. The zero-order valence-corrected chi connectivity index (χ0v) is 14.5. The summed E-state index contributed by atoms with van der Waals surface area (Å²) < 4.78 is 19.2. The number of hydrogen-bond donors (Lipinski definition) is 3. The molecule has 1 atom stereocenters. The molecule has 1 unspecified atom stereocenters. The Morgan fingerprint density at radius 3 is 2.72 bits per heavy atom. The minimum absolute atomic E-state index is 0.00952. The summed E-state index contributed by atoms with van der Waals surface area (Å²) in [6.45, 7) is 5.63. The predicted octanol–water partition coefficient (Wildman–Crippen LogP) is 3.78. The number of carbonyl (C=O) groups excluding carboxylic acids is 1. The van der Waals surface area contributed by atoms with Crippen molar-refractivity contribution >= 4 is 11.7 Å². The lowest BCUT2D eigenvalue weighted by molar-refractivity contribution is 0.174. The van der Waals surface area contributed by atoms with Gasteiger partial charge in [-0.15, -0.1) is 0 Å². The smallest absolute Gasteiger partial charge is 0.319 e. The van der Waals surface area contributed by atoms with Crippen LogP contribution in [0, 0.1) is 12.7 Å². The lowest BCUT2D eigenvalue weighted by Gasteiger charge is -2.15. The highest BCUT2D eigenvalue weighted by Gasteiger charge is 2.12. The quantitative estimate of drug-likeness (QED) is 0.745. The summed E-state index contributed by atoms with van der Waals surface area (Å²) in [7, 11) is 0. The van der Waals surface area contributed by atoms with Crippen molar-refractivity contribution in [2.75, 3.05) is 11.9 Å². The molecule has 0 spiro atoms. The molecule has 2 rings (SSSR count). The molecule has 2 amide bonds. The van der Waals surface area contributed by atoms with Crippen LogP contribution in [0.3, 0.4) is 0 Å². The van der Waals surface area contributed by atoms with Gasteiger partial charge in [-0.1, -0.05) is 18.2 Å². The summed E-state index contributed by atoms with van der Waals surface area (Å²) in [4.78, 5) is 11.9. The van der Waals surface area contributed by atoms with Crippen LogP contribution < -0.4 is 15.4 Å². The van der Waals surface area contributed by atoms with E-state index in [1.807, 2.05) is 13.8 Å². The molecule has 0 fully saturated rings. The van der Waals surface area contributed by atoms with Crippen LogP contribution in [-0.2, 0) is 0 Å². The Labute approximate surface area is 146 Å². The first-order chi connectivity index (χ1) is 11.8. The van der Waals surface area contributed by atoms with Crippen LogP contribution in [0.1, 0.15) is 31.1 Å². The molecule has 0 aliphatic rings. The topological polar surface area (TPSA) is 70.6 Å². The number of benzene rings is 2. The summed E-state index contributed by atoms with van der Waals surface area (Å²) in [6.07, 6.45) is -0.871. The zero-order valence-electron chi connectivity index (χ0n) is 14.5. The van der Waals surface area contributed by atoms with Gasteiger partial charge in [0.2, 0.25) is 0 Å². The Bertz CT molecular complexity index is 734. The molecule has 0 bridgehead atoms. The van der Waals surface area contributed by atoms with Crippen LogP contribution in [0.15, 0.2) is 42.5 Å². The van der Waals surface area contributed by atoms with Crippen molar-refractivity contribution in [2.45, 2.75) is 33.0 Å². The molecule has 0 aliphatic carbocycles. The van der Waals surface area contributed by atoms with Crippen molar-refractivity contribution in [1.29, 1.82) is 0 Å². The van der Waals surface area contributed by atoms with E-state index < -0.39 is 18.0 Å². The third kappa shape index (κ3) is 5.76. The molecule has 6 heteroatoms. The second kappa shape index (κ2) is 8.48. The number of ether oxygens (including phenoxy) is 1. The molecular weight excluding hydrogens is 323 g/mol. The number of aryl methyl sites for hydroxylation is 1. The Morgan fingerprint density at radius 1 is 1.24 bits per heavy atom. The molecule has 0 aromatic heterocycles. The normalized spacial score (nSPS) is 11.9. The van der Waals surface area contributed by atoms with E-state index in [2.05, 4.69) is 10.6 Å². The largest absolute Gasteiger partial charge is 0.491 e. The van der Waals surface area contributed by atoms with E-state index in [4.69, 9.17) is 4.74 Å². The van der Waals surface area contributed by atoms with Crippen molar-refractivity contribution in [3.8, 4) is 5.75 Å². The van der Waals surface area contributed by atoms with Crippen molar-refractivity contribution in [3.63, 3.8) is 0 Å². The number of aliphatic hydroxyl groups excluding tert-OH is 1. The number of amides is 2. The summed E-state index contributed by atoms with van der Waals surface area (Å²) in [6, 6.07) is 10.9. The SMILES string of the molecule is Cc1ccc(F)c(NC(=O)NCC(O)c2cccc(OC(C)C)c2)c1.